The minimum Gasteiger partial charge on any atom is -0.377 e. The zero-order chi connectivity index (χ0) is 13.4. The van der Waals surface area contributed by atoms with Crippen LogP contribution in [0.25, 0.3) is 0 Å². The van der Waals surface area contributed by atoms with Crippen LogP contribution in [0.4, 0.5) is 0 Å². The van der Waals surface area contributed by atoms with E-state index in [1.54, 1.807) is 0 Å². The third kappa shape index (κ3) is 6.17. The van der Waals surface area contributed by atoms with Crippen molar-refractivity contribution in [2.75, 3.05) is 33.8 Å². The van der Waals surface area contributed by atoms with E-state index in [2.05, 4.69) is 38.2 Å². The van der Waals surface area contributed by atoms with Crippen molar-refractivity contribution in [3.8, 4) is 0 Å². The molecule has 2 atom stereocenters. The molecule has 1 N–H and O–H groups in total. The summed E-state index contributed by atoms with van der Waals surface area (Å²) in [5.74, 6) is 0.807. The molecule has 0 aromatic carbocycles. The highest BCUT2D eigenvalue weighted by Crippen LogP contribution is 2.23. The highest BCUT2D eigenvalue weighted by Gasteiger charge is 2.23. The first-order valence-corrected chi connectivity index (χ1v) is 7.61. The van der Waals surface area contributed by atoms with Gasteiger partial charge in [0.25, 0.3) is 0 Å². The van der Waals surface area contributed by atoms with Crippen LogP contribution >= 0.6 is 0 Å². The van der Waals surface area contributed by atoms with Crippen molar-refractivity contribution in [1.29, 1.82) is 0 Å². The van der Waals surface area contributed by atoms with Crippen LogP contribution in [0.15, 0.2) is 0 Å². The third-order valence-electron chi connectivity index (χ3n) is 4.00. The molecule has 0 amide bonds. The van der Waals surface area contributed by atoms with Crippen molar-refractivity contribution in [2.24, 2.45) is 5.92 Å². The maximum atomic E-state index is 5.62. The van der Waals surface area contributed by atoms with Crippen molar-refractivity contribution in [2.45, 2.75) is 58.1 Å². The lowest BCUT2D eigenvalue weighted by molar-refractivity contribution is 0.0597. The second-order valence-electron chi connectivity index (χ2n) is 5.98. The molecule has 0 aromatic heterocycles. The topological polar surface area (TPSA) is 24.5 Å². The van der Waals surface area contributed by atoms with Crippen molar-refractivity contribution >= 4 is 0 Å². The van der Waals surface area contributed by atoms with Crippen molar-refractivity contribution in [3.05, 3.63) is 0 Å². The molecule has 1 fully saturated rings. The molecule has 0 spiro atoms. The van der Waals surface area contributed by atoms with Crippen LogP contribution in [0.2, 0.25) is 0 Å². The Balaban J connectivity index is 2.28. The molecular formula is C15H32N2O. The summed E-state index contributed by atoms with van der Waals surface area (Å²) in [5, 5.41) is 3.52. The largest absolute Gasteiger partial charge is 0.377 e. The average Bonchev–Trinajstić information content (AvgIpc) is 2.53. The molecule has 18 heavy (non-hydrogen) atoms. The van der Waals surface area contributed by atoms with Crippen LogP contribution in [0.1, 0.15) is 46.0 Å². The molecule has 3 nitrogen and oxygen atoms in total. The molecule has 108 valence electrons. The molecule has 1 rings (SSSR count). The monoisotopic (exact) mass is 256 g/mol. The predicted molar refractivity (Wildman–Crippen MR) is 78.0 cm³/mol. The van der Waals surface area contributed by atoms with Gasteiger partial charge in [-0.05, 0) is 46.7 Å². The summed E-state index contributed by atoms with van der Waals surface area (Å²) in [6.07, 6.45) is 7.27. The van der Waals surface area contributed by atoms with Gasteiger partial charge in [0.05, 0.1) is 12.7 Å². The lowest BCUT2D eigenvalue weighted by Crippen LogP contribution is -2.40. The molecule has 1 saturated carbocycles. The molecular weight excluding hydrogens is 224 g/mol. The molecule has 0 saturated heterocycles. The third-order valence-corrected chi connectivity index (χ3v) is 4.00. The van der Waals surface area contributed by atoms with Gasteiger partial charge in [-0.1, -0.05) is 19.3 Å². The smallest absolute Gasteiger partial charge is 0.0596 e. The molecule has 0 bridgehead atoms. The van der Waals surface area contributed by atoms with Crippen LogP contribution < -0.4 is 5.32 Å². The first-order valence-electron chi connectivity index (χ1n) is 7.61. The van der Waals surface area contributed by atoms with Crippen LogP contribution in [-0.4, -0.2) is 50.8 Å². The van der Waals surface area contributed by atoms with E-state index in [0.717, 1.165) is 19.1 Å². The lowest BCUT2D eigenvalue weighted by atomic mass is 9.94. The summed E-state index contributed by atoms with van der Waals surface area (Å²) in [6.45, 7) is 7.30. The van der Waals surface area contributed by atoms with E-state index < -0.39 is 0 Å². The van der Waals surface area contributed by atoms with Gasteiger partial charge in [0.15, 0.2) is 0 Å². The van der Waals surface area contributed by atoms with Gasteiger partial charge in [-0.25, -0.2) is 0 Å². The number of nitrogens with one attached hydrogen (secondary N) is 1. The number of likely N-dealkylation sites (N-methyl/N-ethyl adjacent to an activating group) is 1. The molecule has 1 aliphatic carbocycles. The number of nitrogens with zero attached hydrogens (tertiary/aromatic N) is 1. The SMILES string of the molecule is CNC1CCCCCC1CN(C)CCOC(C)C. The molecule has 0 aromatic rings. The zero-order valence-electron chi connectivity index (χ0n) is 12.7. The standard InChI is InChI=1S/C15H32N2O/c1-13(2)18-11-10-17(4)12-14-8-6-5-7-9-15(14)16-3/h13-16H,5-12H2,1-4H3. The first kappa shape index (κ1) is 15.9. The van der Waals surface area contributed by atoms with Gasteiger partial charge in [0.2, 0.25) is 0 Å². The Hall–Kier alpha value is -0.120. The fraction of sp³-hybridized carbons (Fsp3) is 1.00. The van der Waals surface area contributed by atoms with E-state index >= 15 is 0 Å². The summed E-state index contributed by atoms with van der Waals surface area (Å²) in [7, 11) is 4.34. The molecule has 2 unspecified atom stereocenters. The quantitative estimate of drug-likeness (QED) is 0.708. The summed E-state index contributed by atoms with van der Waals surface area (Å²) < 4.78 is 5.62. The molecule has 1 aliphatic rings. The molecule has 3 heteroatoms. The van der Waals surface area contributed by atoms with Crippen molar-refractivity contribution in [1.82, 2.24) is 10.2 Å². The van der Waals surface area contributed by atoms with Gasteiger partial charge in [0, 0.05) is 19.1 Å². The minimum atomic E-state index is 0.348. The second kappa shape index (κ2) is 8.89. The predicted octanol–water partition coefficient (Wildman–Crippen LogP) is 2.51. The fourth-order valence-electron chi connectivity index (χ4n) is 2.92. The molecule has 0 heterocycles. The van der Waals surface area contributed by atoms with Crippen molar-refractivity contribution < 1.29 is 4.74 Å². The average molecular weight is 256 g/mol. The Morgan fingerprint density at radius 2 is 1.94 bits per heavy atom. The highest BCUT2D eigenvalue weighted by molar-refractivity contribution is 4.80. The first-order chi connectivity index (χ1) is 8.63. The number of hydrogen-bond donors (Lipinski definition) is 1. The Morgan fingerprint density at radius 1 is 1.22 bits per heavy atom. The van der Waals surface area contributed by atoms with E-state index in [0.29, 0.717) is 12.1 Å². The summed E-state index contributed by atoms with van der Waals surface area (Å²) in [6, 6.07) is 0.709. The van der Waals surface area contributed by atoms with Crippen LogP contribution in [0.3, 0.4) is 0 Å². The van der Waals surface area contributed by atoms with Gasteiger partial charge in [0.1, 0.15) is 0 Å². The van der Waals surface area contributed by atoms with Gasteiger partial charge in [-0.2, -0.15) is 0 Å². The zero-order valence-corrected chi connectivity index (χ0v) is 12.7. The van der Waals surface area contributed by atoms with Crippen LogP contribution in [-0.2, 0) is 4.74 Å². The maximum absolute atomic E-state index is 5.62. The maximum Gasteiger partial charge on any atom is 0.0596 e. The minimum absolute atomic E-state index is 0.348. The van der Waals surface area contributed by atoms with Gasteiger partial charge < -0.3 is 15.0 Å². The Morgan fingerprint density at radius 3 is 2.61 bits per heavy atom. The summed E-state index contributed by atoms with van der Waals surface area (Å²) >= 11 is 0. The van der Waals surface area contributed by atoms with Crippen LogP contribution in [0.5, 0.6) is 0 Å². The van der Waals surface area contributed by atoms with E-state index in [9.17, 15) is 0 Å². The van der Waals surface area contributed by atoms with Gasteiger partial charge >= 0.3 is 0 Å². The Bertz CT molecular complexity index is 209. The normalized spacial score (nSPS) is 25.7. The number of ether oxygens (including phenoxy) is 1. The van der Waals surface area contributed by atoms with Crippen molar-refractivity contribution in [3.63, 3.8) is 0 Å². The Kier molecular flexibility index (Phi) is 7.87. The molecule has 0 radical (unpaired) electrons. The van der Waals surface area contributed by atoms with Gasteiger partial charge in [-0.3, -0.25) is 0 Å². The van der Waals surface area contributed by atoms with E-state index in [1.165, 1.54) is 38.6 Å². The number of rotatable bonds is 7. The van der Waals surface area contributed by atoms with Crippen LogP contribution in [0, 0.1) is 5.92 Å². The number of hydrogen-bond acceptors (Lipinski definition) is 3. The second-order valence-corrected chi connectivity index (χ2v) is 5.98. The van der Waals surface area contributed by atoms with Gasteiger partial charge in [-0.15, -0.1) is 0 Å². The van der Waals surface area contributed by atoms with E-state index in [1.807, 2.05) is 0 Å². The summed E-state index contributed by atoms with van der Waals surface area (Å²) in [5.41, 5.74) is 0. The Labute approximate surface area is 113 Å². The fourth-order valence-corrected chi connectivity index (χ4v) is 2.92. The van der Waals surface area contributed by atoms with E-state index in [4.69, 9.17) is 4.74 Å². The molecule has 0 aliphatic heterocycles. The lowest BCUT2D eigenvalue weighted by Gasteiger charge is -2.29. The highest BCUT2D eigenvalue weighted by atomic mass is 16.5. The summed E-state index contributed by atoms with van der Waals surface area (Å²) in [4.78, 5) is 2.43. The van der Waals surface area contributed by atoms with E-state index in [-0.39, 0.29) is 0 Å².